The largest absolute Gasteiger partial charge is 0.323 e. The van der Waals surface area contributed by atoms with Crippen LogP contribution in [-0.2, 0) is 13.0 Å². The fourth-order valence-corrected chi connectivity index (χ4v) is 2.46. The van der Waals surface area contributed by atoms with E-state index in [0.29, 0.717) is 11.6 Å². The van der Waals surface area contributed by atoms with Gasteiger partial charge in [-0.2, -0.15) is 0 Å². The molecule has 2 aromatic rings. The van der Waals surface area contributed by atoms with Crippen molar-refractivity contribution in [1.82, 2.24) is 4.90 Å². The summed E-state index contributed by atoms with van der Waals surface area (Å²) in [6, 6.07) is 15.4. The lowest BCUT2D eigenvalue weighted by Gasteiger charge is -2.18. The van der Waals surface area contributed by atoms with Gasteiger partial charge in [-0.3, -0.25) is 0 Å². The van der Waals surface area contributed by atoms with Crippen LogP contribution in [0.15, 0.2) is 48.5 Å². The highest BCUT2D eigenvalue weighted by molar-refractivity contribution is 6.30. The summed E-state index contributed by atoms with van der Waals surface area (Å²) in [6.07, 6.45) is 2.18. The molecule has 1 N–H and O–H groups in total. The van der Waals surface area contributed by atoms with Gasteiger partial charge in [-0.25, -0.2) is 4.79 Å². The van der Waals surface area contributed by atoms with Crippen LogP contribution in [0.4, 0.5) is 10.5 Å². The molecule has 0 fully saturated rings. The predicted octanol–water partition coefficient (Wildman–Crippen LogP) is 4.96. The fraction of sp³-hybridized carbons (Fsp3) is 0.278. The number of rotatable bonds is 5. The van der Waals surface area contributed by atoms with E-state index in [2.05, 4.69) is 24.4 Å². The van der Waals surface area contributed by atoms with Gasteiger partial charge in [0, 0.05) is 24.3 Å². The molecule has 3 nitrogen and oxygen atoms in total. The number of halogens is 1. The van der Waals surface area contributed by atoms with E-state index in [1.807, 2.05) is 36.4 Å². The summed E-state index contributed by atoms with van der Waals surface area (Å²) in [5.41, 5.74) is 3.10. The molecule has 22 heavy (non-hydrogen) atoms. The Hall–Kier alpha value is -2.00. The summed E-state index contributed by atoms with van der Waals surface area (Å²) < 4.78 is 0. The van der Waals surface area contributed by atoms with Crippen molar-refractivity contribution < 1.29 is 4.79 Å². The lowest BCUT2D eigenvalue weighted by atomic mass is 10.1. The summed E-state index contributed by atoms with van der Waals surface area (Å²) in [6.45, 7) is 2.67. The smallest absolute Gasteiger partial charge is 0.321 e. The maximum Gasteiger partial charge on any atom is 0.321 e. The number of urea groups is 1. The van der Waals surface area contributed by atoms with E-state index < -0.39 is 0 Å². The average Bonchev–Trinajstić information content (AvgIpc) is 2.49. The van der Waals surface area contributed by atoms with Crippen LogP contribution in [0.3, 0.4) is 0 Å². The van der Waals surface area contributed by atoms with E-state index in [0.717, 1.165) is 24.1 Å². The van der Waals surface area contributed by atoms with E-state index in [-0.39, 0.29) is 6.03 Å². The van der Waals surface area contributed by atoms with Gasteiger partial charge in [-0.15, -0.1) is 0 Å². The van der Waals surface area contributed by atoms with E-state index in [1.54, 1.807) is 11.9 Å². The van der Waals surface area contributed by atoms with Crippen LogP contribution in [0.1, 0.15) is 24.5 Å². The number of benzene rings is 2. The fourth-order valence-electron chi connectivity index (χ4n) is 2.24. The summed E-state index contributed by atoms with van der Waals surface area (Å²) >= 11 is 5.96. The summed E-state index contributed by atoms with van der Waals surface area (Å²) in [4.78, 5) is 13.8. The molecule has 0 aliphatic heterocycles. The number of anilines is 1. The highest BCUT2D eigenvalue weighted by Gasteiger charge is 2.09. The second-order valence-electron chi connectivity index (χ2n) is 5.36. The zero-order valence-electron chi connectivity index (χ0n) is 13.0. The number of carbonyl (C=O) groups is 1. The van der Waals surface area contributed by atoms with Crippen LogP contribution in [0.25, 0.3) is 0 Å². The molecule has 0 radical (unpaired) electrons. The normalized spacial score (nSPS) is 10.3. The number of amides is 2. The Morgan fingerprint density at radius 1 is 1.14 bits per heavy atom. The molecule has 2 amide bonds. The van der Waals surface area contributed by atoms with Crippen LogP contribution in [0.5, 0.6) is 0 Å². The summed E-state index contributed by atoms with van der Waals surface area (Å²) in [5, 5.41) is 3.58. The Kier molecular flexibility index (Phi) is 5.84. The first-order chi connectivity index (χ1) is 10.6. The van der Waals surface area contributed by atoms with Crippen LogP contribution in [0, 0.1) is 0 Å². The first kappa shape index (κ1) is 16.4. The van der Waals surface area contributed by atoms with E-state index in [4.69, 9.17) is 11.6 Å². The molecule has 0 heterocycles. The van der Waals surface area contributed by atoms with Gasteiger partial charge in [-0.1, -0.05) is 49.2 Å². The molecule has 0 spiro atoms. The lowest BCUT2D eigenvalue weighted by molar-refractivity contribution is 0.220. The van der Waals surface area contributed by atoms with Crippen molar-refractivity contribution in [2.75, 3.05) is 12.4 Å². The molecule has 0 aliphatic rings. The molecule has 116 valence electrons. The lowest BCUT2D eigenvalue weighted by Crippen LogP contribution is -2.30. The maximum absolute atomic E-state index is 12.2. The van der Waals surface area contributed by atoms with Gasteiger partial charge in [0.15, 0.2) is 0 Å². The van der Waals surface area contributed by atoms with Crippen molar-refractivity contribution in [3.8, 4) is 0 Å². The number of hydrogen-bond acceptors (Lipinski definition) is 1. The molecule has 0 bridgehead atoms. The van der Waals surface area contributed by atoms with Crippen molar-refractivity contribution in [2.45, 2.75) is 26.3 Å². The van der Waals surface area contributed by atoms with E-state index in [9.17, 15) is 4.79 Å². The summed E-state index contributed by atoms with van der Waals surface area (Å²) in [7, 11) is 1.77. The highest BCUT2D eigenvalue weighted by Crippen LogP contribution is 2.14. The third-order valence-corrected chi connectivity index (χ3v) is 3.63. The van der Waals surface area contributed by atoms with Gasteiger partial charge in [0.25, 0.3) is 0 Å². The maximum atomic E-state index is 12.2. The minimum Gasteiger partial charge on any atom is -0.323 e. The van der Waals surface area contributed by atoms with Crippen molar-refractivity contribution in [2.24, 2.45) is 0 Å². The van der Waals surface area contributed by atoms with Gasteiger partial charge in [0.2, 0.25) is 0 Å². The topological polar surface area (TPSA) is 32.3 Å². The van der Waals surface area contributed by atoms with Gasteiger partial charge < -0.3 is 10.2 Å². The third-order valence-electron chi connectivity index (χ3n) is 3.40. The minimum atomic E-state index is -0.136. The Bertz CT molecular complexity index is 625. The van der Waals surface area contributed by atoms with Crippen LogP contribution >= 0.6 is 11.6 Å². The number of hydrogen-bond donors (Lipinski definition) is 1. The third kappa shape index (κ3) is 4.78. The number of carbonyl (C=O) groups excluding carboxylic acids is 1. The Morgan fingerprint density at radius 3 is 2.50 bits per heavy atom. The number of nitrogens with one attached hydrogen (secondary N) is 1. The van der Waals surface area contributed by atoms with Gasteiger partial charge in [0.1, 0.15) is 0 Å². The van der Waals surface area contributed by atoms with E-state index >= 15 is 0 Å². The predicted molar refractivity (Wildman–Crippen MR) is 92.4 cm³/mol. The van der Waals surface area contributed by atoms with Crippen molar-refractivity contribution >= 4 is 23.3 Å². The minimum absolute atomic E-state index is 0.136. The van der Waals surface area contributed by atoms with Crippen LogP contribution < -0.4 is 5.32 Å². The first-order valence-electron chi connectivity index (χ1n) is 7.44. The van der Waals surface area contributed by atoms with E-state index in [1.165, 1.54) is 5.56 Å². The zero-order valence-corrected chi connectivity index (χ0v) is 13.7. The Labute approximate surface area is 136 Å². The van der Waals surface area contributed by atoms with Crippen LogP contribution in [0.2, 0.25) is 5.02 Å². The standard InChI is InChI=1S/C18H21ClN2O/c1-3-5-14-8-10-17(11-9-14)20-18(22)21(2)13-15-6-4-7-16(19)12-15/h4,6-12H,3,5,13H2,1-2H3,(H,20,22). The SMILES string of the molecule is CCCc1ccc(NC(=O)N(C)Cc2cccc(Cl)c2)cc1. The van der Waals surface area contributed by atoms with Gasteiger partial charge in [0.05, 0.1) is 0 Å². The number of nitrogens with zero attached hydrogens (tertiary/aromatic N) is 1. The quantitative estimate of drug-likeness (QED) is 0.831. The molecule has 0 unspecified atom stereocenters. The second kappa shape index (κ2) is 7.85. The molecule has 0 aliphatic carbocycles. The average molecular weight is 317 g/mol. The van der Waals surface area contributed by atoms with Crippen molar-refractivity contribution in [3.05, 3.63) is 64.7 Å². The summed E-state index contributed by atoms with van der Waals surface area (Å²) in [5.74, 6) is 0. The molecule has 0 atom stereocenters. The molecule has 0 saturated heterocycles. The first-order valence-corrected chi connectivity index (χ1v) is 7.82. The molecule has 2 aromatic carbocycles. The molecule has 0 aromatic heterocycles. The zero-order chi connectivity index (χ0) is 15.9. The van der Waals surface area contributed by atoms with Crippen molar-refractivity contribution in [3.63, 3.8) is 0 Å². The van der Waals surface area contributed by atoms with Crippen molar-refractivity contribution in [1.29, 1.82) is 0 Å². The molecular weight excluding hydrogens is 296 g/mol. The monoisotopic (exact) mass is 316 g/mol. The van der Waals surface area contributed by atoms with Gasteiger partial charge in [-0.05, 0) is 41.8 Å². The molecule has 0 saturated carbocycles. The molecule has 4 heteroatoms. The highest BCUT2D eigenvalue weighted by atomic mass is 35.5. The second-order valence-corrected chi connectivity index (χ2v) is 5.80. The Balaban J connectivity index is 1.93. The van der Waals surface area contributed by atoms with Gasteiger partial charge >= 0.3 is 6.03 Å². The van der Waals surface area contributed by atoms with Crippen LogP contribution in [-0.4, -0.2) is 18.0 Å². The Morgan fingerprint density at radius 2 is 1.86 bits per heavy atom. The number of aryl methyl sites for hydroxylation is 1. The molecule has 2 rings (SSSR count). The molecular formula is C18H21ClN2O.